The minimum Gasteiger partial charge on any atom is -0.493 e. The van der Waals surface area contributed by atoms with Gasteiger partial charge in [-0.1, -0.05) is 24.1 Å². The number of rotatable bonds is 7. The summed E-state index contributed by atoms with van der Waals surface area (Å²) < 4.78 is 23.7. The fourth-order valence-corrected chi connectivity index (χ4v) is 2.26. The number of nitrogens with one attached hydrogen (secondary N) is 2. The van der Waals surface area contributed by atoms with Crippen molar-refractivity contribution < 1.29 is 13.9 Å². The monoisotopic (exact) mass is 483 g/mol. The third kappa shape index (κ3) is 7.35. The Hall–Kier alpha value is -2.47. The minimum atomic E-state index is -0.251. The highest BCUT2D eigenvalue weighted by Crippen LogP contribution is 2.27. The van der Waals surface area contributed by atoms with Crippen LogP contribution in [0.25, 0.3) is 0 Å². The Bertz CT molecular complexity index is 789. The van der Waals surface area contributed by atoms with Gasteiger partial charge in [-0.25, -0.2) is 4.39 Å². The molecular weight excluding hydrogens is 460 g/mol. The Balaban J connectivity index is 0.00000364. The fraction of sp³-hybridized carbons (Fsp3) is 0.250. The van der Waals surface area contributed by atoms with E-state index in [0.717, 1.165) is 11.1 Å². The molecule has 0 aromatic heterocycles. The van der Waals surface area contributed by atoms with Crippen molar-refractivity contribution in [2.45, 2.75) is 13.1 Å². The van der Waals surface area contributed by atoms with Crippen LogP contribution >= 0.6 is 24.0 Å². The molecule has 2 aromatic carbocycles. The van der Waals surface area contributed by atoms with Crippen LogP contribution in [0.4, 0.5) is 4.39 Å². The van der Waals surface area contributed by atoms with Gasteiger partial charge < -0.3 is 20.1 Å². The second-order valence-corrected chi connectivity index (χ2v) is 5.38. The third-order valence-corrected chi connectivity index (χ3v) is 3.60. The zero-order valence-corrected chi connectivity index (χ0v) is 17.6. The molecule has 7 heteroatoms. The average Bonchev–Trinajstić information content (AvgIpc) is 2.67. The molecule has 0 aliphatic carbocycles. The van der Waals surface area contributed by atoms with Gasteiger partial charge in [0.1, 0.15) is 12.4 Å². The molecule has 0 saturated carbocycles. The second kappa shape index (κ2) is 12.0. The zero-order chi connectivity index (χ0) is 18.8. The van der Waals surface area contributed by atoms with Crippen LogP contribution in [0.5, 0.6) is 11.5 Å². The average molecular weight is 483 g/mol. The van der Waals surface area contributed by atoms with Crippen molar-refractivity contribution in [2.24, 2.45) is 4.99 Å². The van der Waals surface area contributed by atoms with E-state index in [2.05, 4.69) is 21.5 Å². The second-order valence-electron chi connectivity index (χ2n) is 5.38. The number of ether oxygens (including phenoxy) is 2. The molecule has 0 radical (unpaired) electrons. The smallest absolute Gasteiger partial charge is 0.191 e. The third-order valence-electron chi connectivity index (χ3n) is 3.60. The van der Waals surface area contributed by atoms with E-state index >= 15 is 0 Å². The lowest BCUT2D eigenvalue weighted by molar-refractivity contribution is 0.330. The molecule has 2 aromatic rings. The lowest BCUT2D eigenvalue weighted by Gasteiger charge is -2.14. The number of aliphatic imine (C=N–C) groups is 1. The van der Waals surface area contributed by atoms with Gasteiger partial charge in [0.05, 0.1) is 7.11 Å². The summed E-state index contributed by atoms with van der Waals surface area (Å²) in [5.74, 6) is 4.04. The van der Waals surface area contributed by atoms with E-state index in [1.807, 2.05) is 18.2 Å². The largest absolute Gasteiger partial charge is 0.493 e. The number of halogens is 2. The topological polar surface area (TPSA) is 54.9 Å². The Morgan fingerprint density at radius 1 is 1.07 bits per heavy atom. The Kier molecular flexibility index (Phi) is 10.0. The summed E-state index contributed by atoms with van der Waals surface area (Å²) in [5, 5.41) is 6.40. The van der Waals surface area contributed by atoms with Gasteiger partial charge in [-0.15, -0.1) is 30.4 Å². The van der Waals surface area contributed by atoms with E-state index in [4.69, 9.17) is 15.9 Å². The molecule has 0 amide bonds. The molecule has 0 unspecified atom stereocenters. The van der Waals surface area contributed by atoms with Crippen molar-refractivity contribution >= 4 is 29.9 Å². The van der Waals surface area contributed by atoms with Gasteiger partial charge in [0.25, 0.3) is 0 Å². The predicted octanol–water partition coefficient (Wildman–Crippen LogP) is 3.33. The highest BCUT2D eigenvalue weighted by atomic mass is 127. The molecule has 2 N–H and O–H groups in total. The first-order valence-electron chi connectivity index (χ1n) is 8.08. The highest BCUT2D eigenvalue weighted by molar-refractivity contribution is 14.0. The fourth-order valence-electron chi connectivity index (χ4n) is 2.26. The molecule has 0 aliphatic heterocycles. The maximum Gasteiger partial charge on any atom is 0.191 e. The molecule has 0 spiro atoms. The standard InChI is InChI=1S/C20H22FN3O2.HI/c1-4-11-26-19-12-16(7-10-18(19)25-3)14-24-20(22-2)23-13-15-5-8-17(21)9-6-15;/h1,5-10,12H,11,13-14H2,2-3H3,(H2,22,23,24);1H. The number of guanidine groups is 1. The van der Waals surface area contributed by atoms with Gasteiger partial charge in [0, 0.05) is 20.1 Å². The molecule has 0 aliphatic rings. The van der Waals surface area contributed by atoms with Crippen LogP contribution in [-0.4, -0.2) is 26.7 Å². The lowest BCUT2D eigenvalue weighted by atomic mass is 10.2. The lowest BCUT2D eigenvalue weighted by Crippen LogP contribution is -2.36. The minimum absolute atomic E-state index is 0. The molecule has 5 nitrogen and oxygen atoms in total. The molecule has 0 saturated heterocycles. The van der Waals surface area contributed by atoms with Crippen molar-refractivity contribution in [3.05, 3.63) is 59.4 Å². The number of terminal acetylenes is 1. The van der Waals surface area contributed by atoms with E-state index in [1.165, 1.54) is 12.1 Å². The number of methoxy groups -OCH3 is 1. The summed E-state index contributed by atoms with van der Waals surface area (Å²) in [7, 11) is 3.27. The molecule has 0 fully saturated rings. The Morgan fingerprint density at radius 2 is 1.70 bits per heavy atom. The van der Waals surface area contributed by atoms with E-state index in [-0.39, 0.29) is 36.4 Å². The molecule has 144 valence electrons. The van der Waals surface area contributed by atoms with Crippen molar-refractivity contribution in [3.63, 3.8) is 0 Å². The molecule has 0 atom stereocenters. The normalized spacial score (nSPS) is 10.4. The van der Waals surface area contributed by atoms with Gasteiger partial charge in [0.15, 0.2) is 17.5 Å². The molecule has 0 bridgehead atoms. The van der Waals surface area contributed by atoms with E-state index in [9.17, 15) is 4.39 Å². The summed E-state index contributed by atoms with van der Waals surface area (Å²) in [6.45, 7) is 1.26. The van der Waals surface area contributed by atoms with Crippen molar-refractivity contribution in [3.8, 4) is 23.8 Å². The van der Waals surface area contributed by atoms with Crippen LogP contribution in [-0.2, 0) is 13.1 Å². The van der Waals surface area contributed by atoms with E-state index < -0.39 is 0 Å². The van der Waals surface area contributed by atoms with Crippen LogP contribution in [0.1, 0.15) is 11.1 Å². The van der Waals surface area contributed by atoms with Gasteiger partial charge in [-0.3, -0.25) is 4.99 Å². The predicted molar refractivity (Wildman–Crippen MR) is 116 cm³/mol. The SMILES string of the molecule is C#CCOc1cc(CNC(=NC)NCc2ccc(F)cc2)ccc1OC.I. The molecule has 27 heavy (non-hydrogen) atoms. The number of hydrogen-bond acceptors (Lipinski definition) is 3. The first-order valence-corrected chi connectivity index (χ1v) is 8.08. The van der Waals surface area contributed by atoms with Gasteiger partial charge in [0.2, 0.25) is 0 Å². The zero-order valence-electron chi connectivity index (χ0n) is 15.3. The number of nitrogens with zero attached hydrogens (tertiary/aromatic N) is 1. The van der Waals surface area contributed by atoms with Crippen LogP contribution in [0.2, 0.25) is 0 Å². The molecular formula is C20H23FIN3O2. The van der Waals surface area contributed by atoms with Crippen molar-refractivity contribution in [2.75, 3.05) is 20.8 Å². The number of benzene rings is 2. The van der Waals surface area contributed by atoms with Crippen LogP contribution < -0.4 is 20.1 Å². The molecule has 0 heterocycles. The first kappa shape index (κ1) is 22.6. The maximum atomic E-state index is 12.9. The Labute approximate surface area is 176 Å². The first-order chi connectivity index (χ1) is 12.7. The summed E-state index contributed by atoms with van der Waals surface area (Å²) in [4.78, 5) is 4.18. The van der Waals surface area contributed by atoms with Gasteiger partial charge >= 0.3 is 0 Å². The quantitative estimate of drug-likeness (QED) is 0.275. The molecule has 2 rings (SSSR count). The van der Waals surface area contributed by atoms with Crippen molar-refractivity contribution in [1.82, 2.24) is 10.6 Å². The van der Waals surface area contributed by atoms with E-state index in [1.54, 1.807) is 26.3 Å². The Morgan fingerprint density at radius 3 is 2.30 bits per heavy atom. The van der Waals surface area contributed by atoms with Gasteiger partial charge in [-0.2, -0.15) is 0 Å². The summed E-state index contributed by atoms with van der Waals surface area (Å²) in [5.41, 5.74) is 1.95. The van der Waals surface area contributed by atoms with E-state index in [0.29, 0.717) is 30.5 Å². The van der Waals surface area contributed by atoms with Crippen molar-refractivity contribution in [1.29, 1.82) is 0 Å². The van der Waals surface area contributed by atoms with Crippen LogP contribution in [0.15, 0.2) is 47.5 Å². The highest BCUT2D eigenvalue weighted by Gasteiger charge is 2.06. The summed E-state index contributed by atoms with van der Waals surface area (Å²) >= 11 is 0. The van der Waals surface area contributed by atoms with Crippen LogP contribution in [0.3, 0.4) is 0 Å². The summed E-state index contributed by atoms with van der Waals surface area (Å²) in [6.07, 6.45) is 5.24. The van der Waals surface area contributed by atoms with Crippen LogP contribution in [0, 0.1) is 18.2 Å². The number of hydrogen-bond donors (Lipinski definition) is 2. The maximum absolute atomic E-state index is 12.9. The summed E-state index contributed by atoms with van der Waals surface area (Å²) in [6, 6.07) is 12.0. The van der Waals surface area contributed by atoms with Gasteiger partial charge in [-0.05, 0) is 35.4 Å².